The second-order valence-corrected chi connectivity index (χ2v) is 6.10. The van der Waals surface area contributed by atoms with Crippen LogP contribution in [0.5, 0.6) is 0 Å². The quantitative estimate of drug-likeness (QED) is 0.770. The first-order valence-electron chi connectivity index (χ1n) is 7.35. The predicted molar refractivity (Wildman–Crippen MR) is 86.3 cm³/mol. The van der Waals surface area contributed by atoms with Crippen molar-refractivity contribution in [1.29, 1.82) is 0 Å². The molecule has 0 bridgehead atoms. The molecule has 0 aliphatic heterocycles. The topological polar surface area (TPSA) is 52.6 Å². The maximum absolute atomic E-state index is 13.7. The molecule has 0 fully saturated rings. The lowest BCUT2D eigenvalue weighted by Gasteiger charge is -2.30. The third-order valence-electron chi connectivity index (χ3n) is 3.99. The molecule has 0 aliphatic carbocycles. The van der Waals surface area contributed by atoms with Gasteiger partial charge in [0, 0.05) is 36.3 Å². The van der Waals surface area contributed by atoms with Gasteiger partial charge in [0.25, 0.3) is 0 Å². The molecule has 1 rings (SSSR count). The van der Waals surface area contributed by atoms with Gasteiger partial charge in [-0.3, -0.25) is 4.79 Å². The molecule has 0 spiro atoms. The fraction of sp³-hybridized carbons (Fsp3) is 0.562. The number of carbonyl (C=O) groups is 1. The van der Waals surface area contributed by atoms with E-state index in [0.29, 0.717) is 17.0 Å². The van der Waals surface area contributed by atoms with E-state index in [-0.39, 0.29) is 31.1 Å². The Morgan fingerprint density at radius 3 is 2.73 bits per heavy atom. The van der Waals surface area contributed by atoms with E-state index in [0.717, 1.165) is 6.42 Å². The van der Waals surface area contributed by atoms with Gasteiger partial charge in [0.05, 0.1) is 6.54 Å². The van der Waals surface area contributed by atoms with Gasteiger partial charge < -0.3 is 15.3 Å². The summed E-state index contributed by atoms with van der Waals surface area (Å²) in [5, 5.41) is 12.5. The smallest absolute Gasteiger partial charge is 0.236 e. The lowest BCUT2D eigenvalue weighted by Crippen LogP contribution is -2.47. The van der Waals surface area contributed by atoms with Crippen molar-refractivity contribution in [3.8, 4) is 0 Å². The monoisotopic (exact) mass is 330 g/mol. The second-order valence-electron chi connectivity index (χ2n) is 5.69. The van der Waals surface area contributed by atoms with Crippen LogP contribution in [0, 0.1) is 5.82 Å². The summed E-state index contributed by atoms with van der Waals surface area (Å²) in [6.07, 6.45) is 1.36. The summed E-state index contributed by atoms with van der Waals surface area (Å²) >= 11 is 5.97. The zero-order valence-corrected chi connectivity index (χ0v) is 14.1. The summed E-state index contributed by atoms with van der Waals surface area (Å²) in [6, 6.07) is 4.46. The Labute approximate surface area is 136 Å². The van der Waals surface area contributed by atoms with Crippen LogP contribution >= 0.6 is 11.6 Å². The Kier molecular flexibility index (Phi) is 7.26. The van der Waals surface area contributed by atoms with E-state index >= 15 is 0 Å². The molecule has 2 N–H and O–H groups in total. The van der Waals surface area contributed by atoms with Crippen LogP contribution in [-0.2, 0) is 11.3 Å². The fourth-order valence-electron chi connectivity index (χ4n) is 2.07. The van der Waals surface area contributed by atoms with Crippen molar-refractivity contribution in [3.05, 3.63) is 34.6 Å². The molecule has 1 aromatic carbocycles. The van der Waals surface area contributed by atoms with Crippen LogP contribution in [-0.4, -0.2) is 41.7 Å². The Hall–Kier alpha value is -1.17. The molecule has 4 nitrogen and oxygen atoms in total. The molecule has 0 saturated carbocycles. The molecular formula is C16H24ClFN2O2. The second kappa shape index (κ2) is 8.46. The van der Waals surface area contributed by atoms with E-state index < -0.39 is 5.82 Å². The van der Waals surface area contributed by atoms with Crippen LogP contribution in [0.25, 0.3) is 0 Å². The van der Waals surface area contributed by atoms with Crippen LogP contribution in [0.4, 0.5) is 4.39 Å². The molecule has 0 aliphatic rings. The molecule has 0 aromatic heterocycles. The van der Waals surface area contributed by atoms with Crippen molar-refractivity contribution in [2.24, 2.45) is 0 Å². The van der Waals surface area contributed by atoms with E-state index in [9.17, 15) is 9.18 Å². The number of carbonyl (C=O) groups excluding carboxylic acids is 1. The highest BCUT2D eigenvalue weighted by atomic mass is 35.5. The minimum atomic E-state index is -0.418. The average Bonchev–Trinajstić information content (AvgIpc) is 2.48. The maximum atomic E-state index is 13.7. The molecule has 1 atom stereocenters. The highest BCUT2D eigenvalue weighted by Gasteiger charge is 2.23. The molecule has 1 aromatic rings. The van der Waals surface area contributed by atoms with Gasteiger partial charge in [-0.2, -0.15) is 0 Å². The predicted octanol–water partition coefficient (Wildman–Crippen LogP) is 2.58. The van der Waals surface area contributed by atoms with Crippen molar-refractivity contribution in [2.45, 2.75) is 38.8 Å². The number of likely N-dealkylation sites (N-methyl/N-ethyl adjacent to an activating group) is 1. The third kappa shape index (κ3) is 5.23. The Balaban J connectivity index is 2.62. The standard InChI is InChI=1S/C16H24ClFN2O2/c1-4-16(2,8-9-21)19-10-15(22)20(3)11-12-13(17)6-5-7-14(12)18/h5-7,19,21H,4,8-11H2,1-3H3/t16-/m0/s1. The van der Waals surface area contributed by atoms with E-state index in [1.165, 1.54) is 17.0 Å². The number of benzene rings is 1. The normalized spacial score (nSPS) is 13.7. The van der Waals surface area contributed by atoms with Crippen molar-refractivity contribution in [3.63, 3.8) is 0 Å². The molecule has 0 saturated heterocycles. The van der Waals surface area contributed by atoms with Gasteiger partial charge in [0.2, 0.25) is 5.91 Å². The Bertz CT molecular complexity index is 493. The zero-order valence-electron chi connectivity index (χ0n) is 13.3. The van der Waals surface area contributed by atoms with Crippen LogP contribution < -0.4 is 5.32 Å². The maximum Gasteiger partial charge on any atom is 0.236 e. The molecule has 1 amide bonds. The summed E-state index contributed by atoms with van der Waals surface area (Å²) in [5.41, 5.74) is 0.0228. The summed E-state index contributed by atoms with van der Waals surface area (Å²) in [5.74, 6) is -0.573. The number of rotatable bonds is 8. The van der Waals surface area contributed by atoms with E-state index in [1.807, 2.05) is 13.8 Å². The minimum Gasteiger partial charge on any atom is -0.396 e. The number of aliphatic hydroxyl groups excluding tert-OH is 1. The van der Waals surface area contributed by atoms with Gasteiger partial charge in [-0.05, 0) is 31.9 Å². The minimum absolute atomic E-state index is 0.0617. The number of hydrogen-bond donors (Lipinski definition) is 2. The van der Waals surface area contributed by atoms with Crippen LogP contribution in [0.2, 0.25) is 5.02 Å². The van der Waals surface area contributed by atoms with E-state index in [2.05, 4.69) is 5.32 Å². The number of halogens is 2. The van der Waals surface area contributed by atoms with Gasteiger partial charge in [-0.15, -0.1) is 0 Å². The number of amides is 1. The van der Waals surface area contributed by atoms with Gasteiger partial charge in [0.1, 0.15) is 5.82 Å². The van der Waals surface area contributed by atoms with Gasteiger partial charge >= 0.3 is 0 Å². The first-order chi connectivity index (χ1) is 10.3. The van der Waals surface area contributed by atoms with Crippen molar-refractivity contribution in [1.82, 2.24) is 10.2 Å². The molecule has 0 heterocycles. The molecular weight excluding hydrogens is 307 g/mol. The molecule has 6 heteroatoms. The first-order valence-corrected chi connectivity index (χ1v) is 7.73. The summed E-state index contributed by atoms with van der Waals surface area (Å²) in [6.45, 7) is 4.27. The summed E-state index contributed by atoms with van der Waals surface area (Å²) < 4.78 is 13.7. The van der Waals surface area contributed by atoms with Gasteiger partial charge in [-0.1, -0.05) is 24.6 Å². The molecule has 0 radical (unpaired) electrons. The number of aliphatic hydroxyl groups is 1. The number of nitrogens with one attached hydrogen (secondary N) is 1. The Morgan fingerprint density at radius 1 is 1.50 bits per heavy atom. The van der Waals surface area contributed by atoms with Crippen LogP contribution in [0.15, 0.2) is 18.2 Å². The molecule has 0 unspecified atom stereocenters. The largest absolute Gasteiger partial charge is 0.396 e. The van der Waals surface area contributed by atoms with Crippen molar-refractivity contribution < 1.29 is 14.3 Å². The zero-order chi connectivity index (χ0) is 16.8. The molecule has 124 valence electrons. The van der Waals surface area contributed by atoms with E-state index in [4.69, 9.17) is 16.7 Å². The average molecular weight is 331 g/mol. The van der Waals surface area contributed by atoms with Crippen LogP contribution in [0.3, 0.4) is 0 Å². The first kappa shape index (κ1) is 18.9. The van der Waals surface area contributed by atoms with Crippen LogP contribution in [0.1, 0.15) is 32.3 Å². The van der Waals surface area contributed by atoms with Gasteiger partial charge in [-0.25, -0.2) is 4.39 Å². The van der Waals surface area contributed by atoms with Crippen molar-refractivity contribution in [2.75, 3.05) is 20.2 Å². The summed E-state index contributed by atoms with van der Waals surface area (Å²) in [7, 11) is 1.61. The van der Waals surface area contributed by atoms with Crippen molar-refractivity contribution >= 4 is 17.5 Å². The highest BCUT2D eigenvalue weighted by molar-refractivity contribution is 6.31. The highest BCUT2D eigenvalue weighted by Crippen LogP contribution is 2.20. The summed E-state index contributed by atoms with van der Waals surface area (Å²) in [4.78, 5) is 13.6. The van der Waals surface area contributed by atoms with Gasteiger partial charge in [0.15, 0.2) is 0 Å². The number of hydrogen-bond acceptors (Lipinski definition) is 3. The number of nitrogens with zero attached hydrogens (tertiary/aromatic N) is 1. The third-order valence-corrected chi connectivity index (χ3v) is 4.35. The lowest BCUT2D eigenvalue weighted by molar-refractivity contribution is -0.129. The SMILES string of the molecule is CC[C@@](C)(CCO)NCC(=O)N(C)Cc1c(F)cccc1Cl. The molecule has 22 heavy (non-hydrogen) atoms. The van der Waals surface area contributed by atoms with E-state index in [1.54, 1.807) is 13.1 Å². The lowest BCUT2D eigenvalue weighted by atomic mass is 9.95. The Morgan fingerprint density at radius 2 is 2.18 bits per heavy atom. The fourth-order valence-corrected chi connectivity index (χ4v) is 2.29.